The predicted molar refractivity (Wildman–Crippen MR) is 92.8 cm³/mol. The zero-order valence-corrected chi connectivity index (χ0v) is 14.3. The van der Waals surface area contributed by atoms with Crippen LogP contribution in [0.1, 0.15) is 56.9 Å². The number of allylic oxidation sites excluding steroid dienone is 1. The molecule has 0 radical (unpaired) electrons. The first-order valence-electron chi connectivity index (χ1n) is 9.36. The van der Waals surface area contributed by atoms with Crippen LogP contribution >= 0.6 is 0 Å². The highest BCUT2D eigenvalue weighted by molar-refractivity contribution is 5.30. The standard InChI is InChI=1S/C21H28F2O/c1-2-14-3-7-16(8-4-14)17-9-5-15(6-10-17)13-18-11-12-19(24)21(23)20(18)22/h2,11-12,14-17,24H,1,3-10,13H2. The van der Waals surface area contributed by atoms with Crippen molar-refractivity contribution in [1.29, 1.82) is 0 Å². The Morgan fingerprint density at radius 1 is 0.917 bits per heavy atom. The molecule has 0 bridgehead atoms. The minimum Gasteiger partial charge on any atom is -0.505 e. The van der Waals surface area contributed by atoms with Crippen molar-refractivity contribution in [3.8, 4) is 5.75 Å². The molecule has 0 spiro atoms. The van der Waals surface area contributed by atoms with Crippen molar-refractivity contribution in [2.24, 2.45) is 23.7 Å². The lowest BCUT2D eigenvalue weighted by atomic mass is 9.68. The van der Waals surface area contributed by atoms with Crippen molar-refractivity contribution in [3.05, 3.63) is 42.0 Å². The number of halogens is 2. The molecule has 3 rings (SSSR count). The number of benzene rings is 1. The monoisotopic (exact) mass is 334 g/mol. The summed E-state index contributed by atoms with van der Waals surface area (Å²) in [4.78, 5) is 0. The van der Waals surface area contributed by atoms with Gasteiger partial charge >= 0.3 is 0 Å². The van der Waals surface area contributed by atoms with Crippen LogP contribution in [0.25, 0.3) is 0 Å². The average molecular weight is 334 g/mol. The molecule has 132 valence electrons. The van der Waals surface area contributed by atoms with E-state index in [4.69, 9.17) is 0 Å². The number of aromatic hydroxyl groups is 1. The minimum absolute atomic E-state index is 0.403. The van der Waals surface area contributed by atoms with Gasteiger partial charge in [-0.05, 0) is 93.1 Å². The van der Waals surface area contributed by atoms with Crippen LogP contribution in [0.2, 0.25) is 0 Å². The van der Waals surface area contributed by atoms with E-state index in [1.165, 1.54) is 50.7 Å². The van der Waals surface area contributed by atoms with Gasteiger partial charge in [-0.3, -0.25) is 0 Å². The van der Waals surface area contributed by atoms with Gasteiger partial charge in [-0.2, -0.15) is 4.39 Å². The predicted octanol–water partition coefficient (Wildman–Crippen LogP) is 6.01. The fourth-order valence-electron chi connectivity index (χ4n) is 4.76. The minimum atomic E-state index is -1.11. The maximum atomic E-state index is 13.9. The third kappa shape index (κ3) is 3.81. The third-order valence-corrected chi connectivity index (χ3v) is 6.36. The number of phenols is 1. The molecule has 2 aliphatic rings. The van der Waals surface area contributed by atoms with E-state index in [0.717, 1.165) is 24.7 Å². The quantitative estimate of drug-likeness (QED) is 0.668. The SMILES string of the molecule is C=CC1CCC(C2CCC(Cc3ccc(O)c(F)c3F)CC2)CC1. The Hall–Kier alpha value is -1.38. The average Bonchev–Trinajstić information content (AvgIpc) is 2.63. The van der Waals surface area contributed by atoms with Gasteiger partial charge in [0.2, 0.25) is 5.82 Å². The van der Waals surface area contributed by atoms with E-state index in [2.05, 4.69) is 12.7 Å². The fourth-order valence-corrected chi connectivity index (χ4v) is 4.76. The van der Waals surface area contributed by atoms with Gasteiger partial charge in [0.15, 0.2) is 11.6 Å². The summed E-state index contributed by atoms with van der Waals surface area (Å²) < 4.78 is 27.4. The van der Waals surface area contributed by atoms with Gasteiger partial charge in [-0.1, -0.05) is 12.1 Å². The molecule has 3 heteroatoms. The summed E-state index contributed by atoms with van der Waals surface area (Å²) in [5.74, 6) is 0.225. The maximum absolute atomic E-state index is 13.9. The van der Waals surface area contributed by atoms with Crippen LogP contribution < -0.4 is 0 Å². The van der Waals surface area contributed by atoms with E-state index in [0.29, 0.717) is 23.8 Å². The Balaban J connectivity index is 1.51. The van der Waals surface area contributed by atoms with Crippen LogP contribution in [0.15, 0.2) is 24.8 Å². The Morgan fingerprint density at radius 2 is 1.50 bits per heavy atom. The first kappa shape index (κ1) is 17.4. The van der Waals surface area contributed by atoms with Crippen molar-refractivity contribution in [2.75, 3.05) is 0 Å². The molecule has 0 aromatic heterocycles. The molecule has 2 fully saturated rings. The highest BCUT2D eigenvalue weighted by Crippen LogP contribution is 2.42. The molecule has 0 atom stereocenters. The Bertz CT molecular complexity index is 567. The summed E-state index contributed by atoms with van der Waals surface area (Å²) in [7, 11) is 0. The zero-order valence-electron chi connectivity index (χ0n) is 14.3. The molecule has 2 saturated carbocycles. The largest absolute Gasteiger partial charge is 0.505 e. The molecule has 1 aromatic rings. The van der Waals surface area contributed by atoms with Crippen LogP contribution in [0.4, 0.5) is 8.78 Å². The molecular weight excluding hydrogens is 306 g/mol. The summed E-state index contributed by atoms with van der Waals surface area (Å²) >= 11 is 0. The lowest BCUT2D eigenvalue weighted by molar-refractivity contribution is 0.155. The first-order valence-corrected chi connectivity index (χ1v) is 9.36. The second-order valence-electron chi connectivity index (χ2n) is 7.77. The molecule has 0 unspecified atom stereocenters. The number of hydrogen-bond donors (Lipinski definition) is 1. The Morgan fingerprint density at radius 3 is 2.08 bits per heavy atom. The van der Waals surface area contributed by atoms with E-state index in [9.17, 15) is 13.9 Å². The molecule has 24 heavy (non-hydrogen) atoms. The maximum Gasteiger partial charge on any atom is 0.200 e. The Kier molecular flexibility index (Phi) is 5.57. The van der Waals surface area contributed by atoms with Gasteiger partial charge in [0.05, 0.1) is 0 Å². The molecule has 2 aliphatic carbocycles. The van der Waals surface area contributed by atoms with Gasteiger partial charge in [0, 0.05) is 0 Å². The van der Waals surface area contributed by atoms with Gasteiger partial charge < -0.3 is 5.11 Å². The smallest absolute Gasteiger partial charge is 0.200 e. The summed E-state index contributed by atoms with van der Waals surface area (Å²) in [6, 6.07) is 2.79. The van der Waals surface area contributed by atoms with E-state index in [-0.39, 0.29) is 0 Å². The van der Waals surface area contributed by atoms with Crippen LogP contribution in [-0.2, 0) is 6.42 Å². The molecule has 0 aliphatic heterocycles. The molecule has 1 aromatic carbocycles. The molecule has 0 amide bonds. The van der Waals surface area contributed by atoms with Crippen molar-refractivity contribution < 1.29 is 13.9 Å². The van der Waals surface area contributed by atoms with E-state index < -0.39 is 17.4 Å². The lowest BCUT2D eigenvalue weighted by Crippen LogP contribution is -2.26. The van der Waals surface area contributed by atoms with Gasteiger partial charge in [0.25, 0.3) is 0 Å². The van der Waals surface area contributed by atoms with E-state index >= 15 is 0 Å². The molecule has 0 saturated heterocycles. The molecule has 1 N–H and O–H groups in total. The van der Waals surface area contributed by atoms with Gasteiger partial charge in [0.1, 0.15) is 0 Å². The van der Waals surface area contributed by atoms with E-state index in [1.54, 1.807) is 0 Å². The second-order valence-corrected chi connectivity index (χ2v) is 7.77. The zero-order chi connectivity index (χ0) is 17.1. The second kappa shape index (κ2) is 7.67. The van der Waals surface area contributed by atoms with Crippen LogP contribution in [-0.4, -0.2) is 5.11 Å². The fraction of sp³-hybridized carbons (Fsp3) is 0.619. The Labute approximate surface area is 143 Å². The molecule has 0 heterocycles. The summed E-state index contributed by atoms with van der Waals surface area (Å²) in [5.41, 5.74) is 0.403. The number of hydrogen-bond acceptors (Lipinski definition) is 1. The first-order chi connectivity index (χ1) is 11.6. The van der Waals surface area contributed by atoms with Gasteiger partial charge in [-0.15, -0.1) is 6.58 Å². The van der Waals surface area contributed by atoms with Crippen LogP contribution in [0.5, 0.6) is 5.75 Å². The topological polar surface area (TPSA) is 20.2 Å². The van der Waals surface area contributed by atoms with Crippen molar-refractivity contribution >= 4 is 0 Å². The van der Waals surface area contributed by atoms with Crippen molar-refractivity contribution in [2.45, 2.75) is 57.8 Å². The van der Waals surface area contributed by atoms with Crippen molar-refractivity contribution in [1.82, 2.24) is 0 Å². The lowest BCUT2D eigenvalue weighted by Gasteiger charge is -2.37. The van der Waals surface area contributed by atoms with Crippen molar-refractivity contribution in [3.63, 3.8) is 0 Å². The summed E-state index contributed by atoms with van der Waals surface area (Å²) in [5, 5.41) is 9.22. The van der Waals surface area contributed by atoms with Crippen LogP contribution in [0.3, 0.4) is 0 Å². The highest BCUT2D eigenvalue weighted by atomic mass is 19.2. The summed E-state index contributed by atoms with van der Waals surface area (Å²) in [6.45, 7) is 3.92. The highest BCUT2D eigenvalue weighted by Gasteiger charge is 2.30. The number of rotatable bonds is 4. The molecule has 1 nitrogen and oxygen atoms in total. The van der Waals surface area contributed by atoms with Gasteiger partial charge in [-0.25, -0.2) is 4.39 Å². The summed E-state index contributed by atoms with van der Waals surface area (Å²) in [6.07, 6.45) is 12.6. The normalized spacial score (nSPS) is 30.9. The van der Waals surface area contributed by atoms with Crippen LogP contribution in [0, 0.1) is 35.3 Å². The van der Waals surface area contributed by atoms with E-state index in [1.807, 2.05) is 0 Å². The number of phenolic OH excluding ortho intramolecular Hbond substituents is 1. The molecular formula is C21H28F2O. The third-order valence-electron chi connectivity index (χ3n) is 6.36.